The van der Waals surface area contributed by atoms with E-state index in [-0.39, 0.29) is 12.1 Å². The van der Waals surface area contributed by atoms with Gasteiger partial charge in [-0.15, -0.1) is 23.1 Å². The molecule has 1 atom stereocenters. The molecule has 18 heavy (non-hydrogen) atoms. The van der Waals surface area contributed by atoms with Gasteiger partial charge in [0, 0.05) is 11.6 Å². The van der Waals surface area contributed by atoms with E-state index in [0.717, 1.165) is 6.42 Å². The molecule has 0 saturated heterocycles. The molecule has 1 heterocycles. The monoisotopic (exact) mass is 285 g/mol. The van der Waals surface area contributed by atoms with Crippen LogP contribution in [-0.4, -0.2) is 29.0 Å². The van der Waals surface area contributed by atoms with Gasteiger partial charge in [-0.3, -0.25) is 0 Å². The molecule has 1 fully saturated rings. The maximum atomic E-state index is 9.50. The van der Waals surface area contributed by atoms with E-state index in [0.29, 0.717) is 6.04 Å². The second kappa shape index (κ2) is 6.94. The van der Waals surface area contributed by atoms with Gasteiger partial charge in [0.1, 0.15) is 0 Å². The van der Waals surface area contributed by atoms with Crippen LogP contribution in [0.4, 0.5) is 0 Å². The predicted octanol–water partition coefficient (Wildman–Crippen LogP) is 3.51. The Morgan fingerprint density at radius 2 is 2.33 bits per heavy atom. The van der Waals surface area contributed by atoms with Crippen molar-refractivity contribution in [1.82, 2.24) is 5.32 Å². The summed E-state index contributed by atoms with van der Waals surface area (Å²) < 4.78 is 1.41. The Morgan fingerprint density at radius 1 is 1.50 bits per heavy atom. The van der Waals surface area contributed by atoms with Gasteiger partial charge in [-0.05, 0) is 49.8 Å². The smallest absolute Gasteiger partial charge is 0.0610 e. The molecule has 0 aliphatic heterocycles. The summed E-state index contributed by atoms with van der Waals surface area (Å²) in [4.78, 5) is 0. The Labute approximate surface area is 118 Å². The summed E-state index contributed by atoms with van der Waals surface area (Å²) in [6, 6.07) is 4.96. The molecule has 1 aliphatic carbocycles. The van der Waals surface area contributed by atoms with Gasteiger partial charge in [0.05, 0.1) is 10.8 Å². The molecule has 1 aliphatic rings. The van der Waals surface area contributed by atoms with Gasteiger partial charge < -0.3 is 10.4 Å². The second-order valence-electron chi connectivity index (χ2n) is 5.38. The van der Waals surface area contributed by atoms with Crippen LogP contribution in [0.5, 0.6) is 0 Å². The Bertz CT molecular complexity index is 338. The number of unbranched alkanes of at least 4 members (excludes halogenated alkanes) is 1. The molecule has 2 rings (SSSR count). The fourth-order valence-corrected chi connectivity index (χ4v) is 3.91. The van der Waals surface area contributed by atoms with Gasteiger partial charge in [0.25, 0.3) is 0 Å². The van der Waals surface area contributed by atoms with Crippen molar-refractivity contribution in [3.05, 3.63) is 17.5 Å². The minimum absolute atomic E-state index is 0.0607. The molecule has 0 spiro atoms. The first-order valence-corrected chi connectivity index (χ1v) is 8.63. The van der Waals surface area contributed by atoms with Crippen molar-refractivity contribution in [2.24, 2.45) is 0 Å². The maximum Gasteiger partial charge on any atom is 0.0610 e. The fourth-order valence-electron chi connectivity index (χ4n) is 2.05. The lowest BCUT2D eigenvalue weighted by Crippen LogP contribution is -2.46. The van der Waals surface area contributed by atoms with E-state index in [4.69, 9.17) is 0 Å². The molecular formula is C14H23NOS2. The molecule has 4 heteroatoms. The van der Waals surface area contributed by atoms with Gasteiger partial charge in [-0.2, -0.15) is 0 Å². The summed E-state index contributed by atoms with van der Waals surface area (Å²) in [6.07, 6.45) is 6.05. The summed E-state index contributed by atoms with van der Waals surface area (Å²) in [5, 5.41) is 15.2. The van der Waals surface area contributed by atoms with E-state index in [1.165, 1.54) is 35.6 Å². The number of hydrogen-bond acceptors (Lipinski definition) is 4. The quantitative estimate of drug-likeness (QED) is 0.538. The average Bonchev–Trinajstić information content (AvgIpc) is 3.01. The van der Waals surface area contributed by atoms with Crippen molar-refractivity contribution >= 4 is 23.1 Å². The lowest BCUT2D eigenvalue weighted by Gasteiger charge is -2.29. The molecule has 102 valence electrons. The molecule has 0 radical (unpaired) electrons. The molecule has 1 unspecified atom stereocenters. The number of thioether (sulfide) groups is 1. The maximum absolute atomic E-state index is 9.50. The molecule has 1 aromatic heterocycles. The van der Waals surface area contributed by atoms with Crippen LogP contribution in [0, 0.1) is 0 Å². The lowest BCUT2D eigenvalue weighted by atomic mass is 9.96. The average molecular weight is 285 g/mol. The van der Waals surface area contributed by atoms with Gasteiger partial charge in [0.2, 0.25) is 0 Å². The third-order valence-electron chi connectivity index (χ3n) is 3.34. The Balaban J connectivity index is 1.58. The Hall–Kier alpha value is -0.0300. The highest BCUT2D eigenvalue weighted by atomic mass is 32.2. The van der Waals surface area contributed by atoms with Crippen molar-refractivity contribution in [2.75, 3.05) is 12.4 Å². The Kier molecular flexibility index (Phi) is 5.55. The predicted molar refractivity (Wildman–Crippen MR) is 80.5 cm³/mol. The molecule has 2 nitrogen and oxygen atoms in total. The van der Waals surface area contributed by atoms with E-state index in [2.05, 4.69) is 29.8 Å². The van der Waals surface area contributed by atoms with Crippen LogP contribution >= 0.6 is 23.1 Å². The highest BCUT2D eigenvalue weighted by Crippen LogP contribution is 2.27. The normalized spacial score (nSPS) is 18.8. The minimum atomic E-state index is -0.0607. The van der Waals surface area contributed by atoms with Crippen LogP contribution in [0.3, 0.4) is 0 Å². The number of thiophene rings is 1. The van der Waals surface area contributed by atoms with E-state index in [1.807, 2.05) is 23.1 Å². The van der Waals surface area contributed by atoms with Gasteiger partial charge in [0.15, 0.2) is 0 Å². The largest absolute Gasteiger partial charge is 0.394 e. The van der Waals surface area contributed by atoms with Crippen LogP contribution < -0.4 is 5.32 Å². The topological polar surface area (TPSA) is 32.3 Å². The number of aliphatic hydroxyl groups excluding tert-OH is 1. The van der Waals surface area contributed by atoms with Crippen molar-refractivity contribution < 1.29 is 5.11 Å². The van der Waals surface area contributed by atoms with Crippen molar-refractivity contribution in [1.29, 1.82) is 0 Å². The van der Waals surface area contributed by atoms with E-state index >= 15 is 0 Å². The van der Waals surface area contributed by atoms with Gasteiger partial charge in [-0.1, -0.05) is 12.5 Å². The molecule has 0 amide bonds. The zero-order valence-electron chi connectivity index (χ0n) is 11.0. The first-order valence-electron chi connectivity index (χ1n) is 6.77. The summed E-state index contributed by atoms with van der Waals surface area (Å²) in [5.74, 6) is 1.19. The van der Waals surface area contributed by atoms with Crippen LogP contribution in [0.2, 0.25) is 0 Å². The van der Waals surface area contributed by atoms with Crippen molar-refractivity contribution in [2.45, 2.75) is 54.8 Å². The first-order chi connectivity index (χ1) is 8.72. The summed E-state index contributed by atoms with van der Waals surface area (Å²) >= 11 is 3.77. The fraction of sp³-hybridized carbons (Fsp3) is 0.714. The van der Waals surface area contributed by atoms with Crippen LogP contribution in [-0.2, 0) is 0 Å². The van der Waals surface area contributed by atoms with E-state index < -0.39 is 0 Å². The first kappa shape index (κ1) is 14.4. The summed E-state index contributed by atoms with van der Waals surface area (Å²) in [7, 11) is 0. The lowest BCUT2D eigenvalue weighted by molar-refractivity contribution is 0.161. The summed E-state index contributed by atoms with van der Waals surface area (Å²) in [5.41, 5.74) is -0.0607. The van der Waals surface area contributed by atoms with Crippen LogP contribution in [0.15, 0.2) is 21.7 Å². The van der Waals surface area contributed by atoms with Crippen molar-refractivity contribution in [3.8, 4) is 0 Å². The highest BCUT2D eigenvalue weighted by Gasteiger charge is 2.31. The number of aliphatic hydroxyl groups is 1. The molecule has 0 bridgehead atoms. The summed E-state index contributed by atoms with van der Waals surface area (Å²) in [6.45, 7) is 2.40. The van der Waals surface area contributed by atoms with E-state index in [9.17, 15) is 5.11 Å². The minimum Gasteiger partial charge on any atom is -0.394 e. The number of rotatable bonds is 9. The zero-order chi connectivity index (χ0) is 12.8. The third kappa shape index (κ3) is 4.92. The third-order valence-corrected chi connectivity index (χ3v) is 5.56. The standard InChI is InChI=1S/C14H23NOS2/c1-14(11-16,15-12-6-7-12)8-2-3-9-17-13-5-4-10-18-13/h4-5,10,12,15-16H,2-3,6-9,11H2,1H3. The molecule has 1 aromatic rings. The SMILES string of the molecule is CC(CO)(CCCCSc1cccs1)NC1CC1. The molecule has 1 saturated carbocycles. The second-order valence-corrected chi connectivity index (χ2v) is 7.72. The Morgan fingerprint density at radius 3 is 2.94 bits per heavy atom. The molecule has 2 N–H and O–H groups in total. The number of hydrogen-bond donors (Lipinski definition) is 2. The van der Waals surface area contributed by atoms with Gasteiger partial charge >= 0.3 is 0 Å². The van der Waals surface area contributed by atoms with E-state index in [1.54, 1.807) is 0 Å². The highest BCUT2D eigenvalue weighted by molar-refractivity contribution is 8.01. The molecular weight excluding hydrogens is 262 g/mol. The van der Waals surface area contributed by atoms with Crippen LogP contribution in [0.25, 0.3) is 0 Å². The van der Waals surface area contributed by atoms with Gasteiger partial charge in [-0.25, -0.2) is 0 Å². The zero-order valence-corrected chi connectivity index (χ0v) is 12.7. The number of nitrogens with one attached hydrogen (secondary N) is 1. The van der Waals surface area contributed by atoms with Crippen molar-refractivity contribution in [3.63, 3.8) is 0 Å². The molecule has 0 aromatic carbocycles. The van der Waals surface area contributed by atoms with Crippen LogP contribution in [0.1, 0.15) is 39.0 Å².